The van der Waals surface area contributed by atoms with Gasteiger partial charge in [-0.05, 0) is 61.4 Å². The molecule has 0 saturated carbocycles. The number of rotatable bonds is 4. The molecule has 0 unspecified atom stereocenters. The molecule has 168 valence electrons. The number of nitrogens with zero attached hydrogens (tertiary/aromatic N) is 3. The van der Waals surface area contributed by atoms with E-state index in [1.54, 1.807) is 18.3 Å². The summed E-state index contributed by atoms with van der Waals surface area (Å²) in [6, 6.07) is 18.9. The largest absolute Gasteiger partial charge is 0.322 e. The fraction of sp³-hybridized carbons (Fsp3) is 0.0741. The van der Waals surface area contributed by atoms with E-state index in [4.69, 9.17) is 0 Å². The summed E-state index contributed by atoms with van der Waals surface area (Å²) in [6.07, 6.45) is 3.03. The SMILES string of the molecule is Cc1ccc(NC(=O)c2cc(-c3ccnn4c(-c5cccc(F)c5F)cnc34)ccc2C)cc1. The average Bonchev–Trinajstić information content (AvgIpc) is 3.27. The van der Waals surface area contributed by atoms with Crippen LogP contribution >= 0.6 is 0 Å². The molecule has 1 N–H and O–H groups in total. The summed E-state index contributed by atoms with van der Waals surface area (Å²) in [4.78, 5) is 17.4. The van der Waals surface area contributed by atoms with E-state index in [9.17, 15) is 13.6 Å². The van der Waals surface area contributed by atoms with Gasteiger partial charge in [-0.2, -0.15) is 5.10 Å². The number of aromatic nitrogens is 3. The topological polar surface area (TPSA) is 59.3 Å². The van der Waals surface area contributed by atoms with Gasteiger partial charge in [0.15, 0.2) is 17.3 Å². The van der Waals surface area contributed by atoms with Gasteiger partial charge < -0.3 is 5.32 Å². The zero-order chi connectivity index (χ0) is 23.8. The first-order valence-corrected chi connectivity index (χ1v) is 10.7. The molecule has 3 aromatic carbocycles. The molecule has 0 aliphatic heterocycles. The quantitative estimate of drug-likeness (QED) is 0.351. The third-order valence-corrected chi connectivity index (χ3v) is 5.73. The van der Waals surface area contributed by atoms with Gasteiger partial charge in [-0.1, -0.05) is 35.9 Å². The first-order chi connectivity index (χ1) is 16.4. The second-order valence-corrected chi connectivity index (χ2v) is 8.07. The Morgan fingerprint density at radius 1 is 0.941 bits per heavy atom. The lowest BCUT2D eigenvalue weighted by atomic mass is 10.00. The summed E-state index contributed by atoms with van der Waals surface area (Å²) >= 11 is 0. The Labute approximate surface area is 194 Å². The van der Waals surface area contributed by atoms with Crippen LogP contribution in [0.4, 0.5) is 14.5 Å². The van der Waals surface area contributed by atoms with Crippen molar-refractivity contribution in [2.45, 2.75) is 13.8 Å². The van der Waals surface area contributed by atoms with Crippen molar-refractivity contribution in [3.8, 4) is 22.4 Å². The third kappa shape index (κ3) is 3.81. The Balaban J connectivity index is 1.55. The molecule has 2 aromatic heterocycles. The number of fused-ring (bicyclic) bond motifs is 1. The van der Waals surface area contributed by atoms with Gasteiger partial charge in [-0.15, -0.1) is 0 Å². The molecule has 0 saturated heterocycles. The number of halogens is 2. The minimum Gasteiger partial charge on any atom is -0.322 e. The van der Waals surface area contributed by atoms with Gasteiger partial charge in [0.25, 0.3) is 5.91 Å². The van der Waals surface area contributed by atoms with Crippen molar-refractivity contribution in [1.29, 1.82) is 0 Å². The van der Waals surface area contributed by atoms with Crippen LogP contribution in [0.1, 0.15) is 21.5 Å². The van der Waals surface area contributed by atoms with E-state index in [0.29, 0.717) is 28.2 Å². The Morgan fingerprint density at radius 2 is 1.74 bits per heavy atom. The van der Waals surface area contributed by atoms with Gasteiger partial charge in [0.1, 0.15) is 0 Å². The minimum atomic E-state index is -0.957. The maximum absolute atomic E-state index is 14.4. The van der Waals surface area contributed by atoms with Crippen molar-refractivity contribution >= 4 is 17.2 Å². The van der Waals surface area contributed by atoms with Crippen LogP contribution in [0.5, 0.6) is 0 Å². The van der Waals surface area contributed by atoms with Gasteiger partial charge in [0.2, 0.25) is 0 Å². The van der Waals surface area contributed by atoms with Crippen molar-refractivity contribution in [1.82, 2.24) is 14.6 Å². The summed E-state index contributed by atoms with van der Waals surface area (Å²) in [5.41, 5.74) is 5.50. The molecule has 0 spiro atoms. The van der Waals surface area contributed by atoms with Gasteiger partial charge in [0.05, 0.1) is 11.9 Å². The monoisotopic (exact) mass is 454 g/mol. The standard InChI is InChI=1S/C27H20F2N4O/c1-16-6-10-19(11-7-16)32-27(34)22-14-18(9-8-17(22)2)20-12-13-31-33-24(15-30-26(20)33)21-4-3-5-23(28)25(21)29/h3-15H,1-2H3,(H,32,34). The van der Waals surface area contributed by atoms with Crippen LogP contribution in [0.3, 0.4) is 0 Å². The van der Waals surface area contributed by atoms with E-state index in [-0.39, 0.29) is 11.5 Å². The van der Waals surface area contributed by atoms with Crippen molar-refractivity contribution in [3.05, 3.63) is 107 Å². The molecule has 0 aliphatic rings. The molecule has 0 fully saturated rings. The van der Waals surface area contributed by atoms with Crippen molar-refractivity contribution < 1.29 is 13.6 Å². The maximum atomic E-state index is 14.4. The highest BCUT2D eigenvalue weighted by Gasteiger charge is 2.18. The highest BCUT2D eigenvalue weighted by Crippen LogP contribution is 2.30. The number of benzene rings is 3. The molecule has 34 heavy (non-hydrogen) atoms. The highest BCUT2D eigenvalue weighted by molar-refractivity contribution is 6.06. The number of nitrogens with one attached hydrogen (secondary N) is 1. The maximum Gasteiger partial charge on any atom is 0.255 e. The van der Waals surface area contributed by atoms with E-state index < -0.39 is 11.6 Å². The predicted molar refractivity (Wildman–Crippen MR) is 128 cm³/mol. The average molecular weight is 454 g/mol. The van der Waals surface area contributed by atoms with E-state index in [1.807, 2.05) is 50.2 Å². The molecule has 7 heteroatoms. The molecule has 0 aliphatic carbocycles. The number of hydrogen-bond donors (Lipinski definition) is 1. The lowest BCUT2D eigenvalue weighted by Gasteiger charge is -2.11. The third-order valence-electron chi connectivity index (χ3n) is 5.73. The Bertz CT molecular complexity index is 1540. The van der Waals surface area contributed by atoms with Crippen molar-refractivity contribution in [2.24, 2.45) is 0 Å². The van der Waals surface area contributed by atoms with Crippen LogP contribution in [0, 0.1) is 25.5 Å². The normalized spacial score (nSPS) is 11.1. The van der Waals surface area contributed by atoms with E-state index in [1.165, 1.54) is 22.8 Å². The lowest BCUT2D eigenvalue weighted by Crippen LogP contribution is -2.13. The molecule has 5 rings (SSSR count). The van der Waals surface area contributed by atoms with Crippen LogP contribution in [-0.2, 0) is 0 Å². The van der Waals surface area contributed by atoms with Crippen molar-refractivity contribution in [3.63, 3.8) is 0 Å². The summed E-state index contributed by atoms with van der Waals surface area (Å²) < 4.78 is 29.7. The second kappa shape index (κ2) is 8.51. The van der Waals surface area contributed by atoms with E-state index >= 15 is 0 Å². The zero-order valence-electron chi connectivity index (χ0n) is 18.5. The second-order valence-electron chi connectivity index (χ2n) is 8.07. The lowest BCUT2D eigenvalue weighted by molar-refractivity contribution is 0.102. The van der Waals surface area contributed by atoms with Crippen LogP contribution in [0.25, 0.3) is 28.0 Å². The highest BCUT2D eigenvalue weighted by atomic mass is 19.2. The van der Waals surface area contributed by atoms with Crippen LogP contribution in [-0.4, -0.2) is 20.5 Å². The molecule has 0 radical (unpaired) electrons. The number of imidazole rings is 1. The first-order valence-electron chi connectivity index (χ1n) is 10.7. The van der Waals surface area contributed by atoms with Crippen LogP contribution < -0.4 is 5.32 Å². The number of carbonyl (C=O) groups is 1. The molecule has 5 nitrogen and oxygen atoms in total. The molecule has 2 heterocycles. The molecular formula is C27H20F2N4O. The van der Waals surface area contributed by atoms with E-state index in [0.717, 1.165) is 22.8 Å². The van der Waals surface area contributed by atoms with E-state index in [2.05, 4.69) is 15.4 Å². The smallest absolute Gasteiger partial charge is 0.255 e. The number of anilines is 1. The predicted octanol–water partition coefficient (Wildman–Crippen LogP) is 6.21. The fourth-order valence-electron chi connectivity index (χ4n) is 3.88. The summed E-state index contributed by atoms with van der Waals surface area (Å²) in [5.74, 6) is -2.12. The summed E-state index contributed by atoms with van der Waals surface area (Å²) in [7, 11) is 0. The van der Waals surface area contributed by atoms with Crippen LogP contribution in [0.2, 0.25) is 0 Å². The van der Waals surface area contributed by atoms with Gasteiger partial charge in [-0.3, -0.25) is 4.79 Å². The fourth-order valence-corrected chi connectivity index (χ4v) is 3.88. The molecular weight excluding hydrogens is 434 g/mol. The van der Waals surface area contributed by atoms with Crippen molar-refractivity contribution in [2.75, 3.05) is 5.32 Å². The number of carbonyl (C=O) groups excluding carboxylic acids is 1. The molecule has 0 bridgehead atoms. The Kier molecular flexibility index (Phi) is 5.37. The summed E-state index contributed by atoms with van der Waals surface area (Å²) in [6.45, 7) is 3.86. The Morgan fingerprint density at radius 3 is 2.53 bits per heavy atom. The molecule has 1 amide bonds. The number of aryl methyl sites for hydroxylation is 2. The Hall–Kier alpha value is -4.39. The minimum absolute atomic E-state index is 0.0687. The zero-order valence-corrected chi connectivity index (χ0v) is 18.5. The summed E-state index contributed by atoms with van der Waals surface area (Å²) in [5, 5.41) is 7.23. The van der Waals surface area contributed by atoms with Crippen LogP contribution in [0.15, 0.2) is 79.1 Å². The molecule has 0 atom stereocenters. The number of hydrogen-bond acceptors (Lipinski definition) is 3. The van der Waals surface area contributed by atoms with Gasteiger partial charge in [-0.25, -0.2) is 18.3 Å². The van der Waals surface area contributed by atoms with Gasteiger partial charge >= 0.3 is 0 Å². The number of amides is 1. The molecule has 5 aromatic rings. The van der Waals surface area contributed by atoms with Gasteiger partial charge in [0, 0.05) is 28.6 Å². The first kappa shape index (κ1) is 21.5.